The van der Waals surface area contributed by atoms with Gasteiger partial charge in [-0.25, -0.2) is 4.39 Å². The summed E-state index contributed by atoms with van der Waals surface area (Å²) in [5.74, 6) is -0.646. The van der Waals surface area contributed by atoms with Crippen LogP contribution >= 0.6 is 0 Å². The monoisotopic (exact) mass is 282 g/mol. The molecule has 0 fully saturated rings. The highest BCUT2D eigenvalue weighted by atomic mass is 19.1. The molecule has 0 radical (unpaired) electrons. The molecule has 0 saturated heterocycles. The molecule has 0 spiro atoms. The number of hydrogen-bond acceptors (Lipinski definition) is 3. The second-order valence-corrected chi connectivity index (χ2v) is 4.50. The second kappa shape index (κ2) is 9.31. The number of nitrogens with one attached hydrogen (secondary N) is 2. The van der Waals surface area contributed by atoms with Crippen LogP contribution in [0.1, 0.15) is 36.5 Å². The quantitative estimate of drug-likeness (QED) is 0.685. The Kier molecular flexibility index (Phi) is 7.65. The number of carbonyl (C=O) groups is 1. The lowest BCUT2D eigenvalue weighted by Crippen LogP contribution is -2.25. The molecular weight excluding hydrogens is 259 g/mol. The van der Waals surface area contributed by atoms with Gasteiger partial charge in [0.2, 0.25) is 0 Å². The van der Waals surface area contributed by atoms with Crippen molar-refractivity contribution >= 4 is 11.6 Å². The summed E-state index contributed by atoms with van der Waals surface area (Å²) < 4.78 is 18.6. The minimum Gasteiger partial charge on any atom is -0.385 e. The number of halogens is 1. The molecule has 5 heteroatoms. The highest BCUT2D eigenvalue weighted by Crippen LogP contribution is 2.19. The lowest BCUT2D eigenvalue weighted by atomic mass is 10.1. The summed E-state index contributed by atoms with van der Waals surface area (Å²) in [6.07, 6.45) is 2.87. The van der Waals surface area contributed by atoms with Crippen LogP contribution in [0.2, 0.25) is 0 Å². The Balaban J connectivity index is 2.49. The first kappa shape index (κ1) is 16.4. The second-order valence-electron chi connectivity index (χ2n) is 4.50. The smallest absolute Gasteiger partial charge is 0.253 e. The molecule has 0 saturated carbocycles. The van der Waals surface area contributed by atoms with Crippen molar-refractivity contribution < 1.29 is 13.9 Å². The molecule has 0 aliphatic carbocycles. The first-order chi connectivity index (χ1) is 9.70. The van der Waals surface area contributed by atoms with Crippen molar-refractivity contribution in [1.82, 2.24) is 5.32 Å². The van der Waals surface area contributed by atoms with E-state index in [-0.39, 0.29) is 11.6 Å². The summed E-state index contributed by atoms with van der Waals surface area (Å²) in [4.78, 5) is 12.0. The number of anilines is 1. The van der Waals surface area contributed by atoms with Crippen LogP contribution in [-0.2, 0) is 4.74 Å². The molecule has 0 aliphatic heterocycles. The number of rotatable bonds is 9. The molecule has 0 unspecified atom stereocenters. The molecule has 0 atom stereocenters. The molecule has 1 amide bonds. The third-order valence-electron chi connectivity index (χ3n) is 2.92. The van der Waals surface area contributed by atoms with E-state index in [9.17, 15) is 9.18 Å². The fourth-order valence-electron chi connectivity index (χ4n) is 1.92. The number of benzene rings is 1. The van der Waals surface area contributed by atoms with E-state index in [2.05, 4.69) is 10.6 Å². The Morgan fingerprint density at radius 1 is 1.30 bits per heavy atom. The molecule has 1 aromatic carbocycles. The van der Waals surface area contributed by atoms with Crippen LogP contribution in [0, 0.1) is 5.82 Å². The van der Waals surface area contributed by atoms with Gasteiger partial charge in [-0.3, -0.25) is 4.79 Å². The standard InChI is InChI=1S/C15H23FN2O2/c1-3-17-14-12(8-7-9-13(14)16)15(19)18-10-5-4-6-11-20-2/h7-9,17H,3-6,10-11H2,1-2H3,(H,18,19). The van der Waals surface area contributed by atoms with Gasteiger partial charge in [-0.15, -0.1) is 0 Å². The zero-order chi connectivity index (χ0) is 14.8. The topological polar surface area (TPSA) is 50.4 Å². The third kappa shape index (κ3) is 5.17. The van der Waals surface area contributed by atoms with Crippen LogP contribution in [-0.4, -0.2) is 32.7 Å². The molecule has 0 heterocycles. The number of unbranched alkanes of at least 4 members (excludes halogenated alkanes) is 2. The third-order valence-corrected chi connectivity index (χ3v) is 2.92. The van der Waals surface area contributed by atoms with Crippen molar-refractivity contribution in [1.29, 1.82) is 0 Å². The maximum Gasteiger partial charge on any atom is 0.253 e. The van der Waals surface area contributed by atoms with Crippen LogP contribution in [0.3, 0.4) is 0 Å². The minimum atomic E-state index is -0.403. The first-order valence-electron chi connectivity index (χ1n) is 7.00. The SMILES string of the molecule is CCNc1c(F)cccc1C(=O)NCCCCCOC. The number of para-hydroxylation sites is 1. The van der Waals surface area contributed by atoms with Gasteiger partial charge in [-0.2, -0.15) is 0 Å². The average Bonchev–Trinajstić information content (AvgIpc) is 2.45. The van der Waals surface area contributed by atoms with Gasteiger partial charge >= 0.3 is 0 Å². The zero-order valence-electron chi connectivity index (χ0n) is 12.2. The Morgan fingerprint density at radius 3 is 2.80 bits per heavy atom. The zero-order valence-corrected chi connectivity index (χ0v) is 12.2. The Hall–Kier alpha value is -1.62. The van der Waals surface area contributed by atoms with E-state index in [1.807, 2.05) is 6.92 Å². The fourth-order valence-corrected chi connectivity index (χ4v) is 1.92. The van der Waals surface area contributed by atoms with Crippen LogP contribution in [0.4, 0.5) is 10.1 Å². The van der Waals surface area contributed by atoms with Gasteiger partial charge in [0.05, 0.1) is 11.3 Å². The molecule has 1 aromatic rings. The van der Waals surface area contributed by atoms with Crippen LogP contribution in [0.25, 0.3) is 0 Å². The van der Waals surface area contributed by atoms with E-state index < -0.39 is 5.82 Å². The maximum atomic E-state index is 13.7. The van der Waals surface area contributed by atoms with Gasteiger partial charge < -0.3 is 15.4 Å². The van der Waals surface area contributed by atoms with Crippen molar-refractivity contribution in [3.63, 3.8) is 0 Å². The van der Waals surface area contributed by atoms with Crippen molar-refractivity contribution in [2.75, 3.05) is 32.1 Å². The van der Waals surface area contributed by atoms with E-state index >= 15 is 0 Å². The Bertz CT molecular complexity index is 424. The summed E-state index contributed by atoms with van der Waals surface area (Å²) in [6.45, 7) is 3.76. The Labute approximate surface area is 119 Å². The molecule has 1 rings (SSSR count). The van der Waals surface area contributed by atoms with Crippen LogP contribution in [0.15, 0.2) is 18.2 Å². The Morgan fingerprint density at radius 2 is 2.10 bits per heavy atom. The first-order valence-corrected chi connectivity index (χ1v) is 7.00. The largest absolute Gasteiger partial charge is 0.385 e. The van der Waals surface area contributed by atoms with E-state index in [1.165, 1.54) is 6.07 Å². The van der Waals surface area contributed by atoms with Crippen molar-refractivity contribution in [3.05, 3.63) is 29.6 Å². The van der Waals surface area contributed by atoms with Gasteiger partial charge in [-0.05, 0) is 38.3 Å². The highest BCUT2D eigenvalue weighted by Gasteiger charge is 2.13. The maximum absolute atomic E-state index is 13.7. The molecule has 4 nitrogen and oxygen atoms in total. The molecular formula is C15H23FN2O2. The van der Waals surface area contributed by atoms with Crippen LogP contribution in [0.5, 0.6) is 0 Å². The van der Waals surface area contributed by atoms with Gasteiger partial charge in [0.15, 0.2) is 0 Å². The van der Waals surface area contributed by atoms with Crippen LogP contribution < -0.4 is 10.6 Å². The lowest BCUT2D eigenvalue weighted by molar-refractivity contribution is 0.0953. The molecule has 0 aromatic heterocycles. The van der Waals surface area contributed by atoms with Crippen molar-refractivity contribution in [3.8, 4) is 0 Å². The number of hydrogen-bond donors (Lipinski definition) is 2. The number of ether oxygens (including phenoxy) is 1. The minimum absolute atomic E-state index is 0.243. The van der Waals surface area contributed by atoms with E-state index in [0.717, 1.165) is 25.9 Å². The number of methoxy groups -OCH3 is 1. The summed E-state index contributed by atoms with van der Waals surface area (Å²) in [6, 6.07) is 4.52. The summed E-state index contributed by atoms with van der Waals surface area (Å²) in [5, 5.41) is 5.71. The van der Waals surface area contributed by atoms with E-state index in [0.29, 0.717) is 18.7 Å². The van der Waals surface area contributed by atoms with Gasteiger partial charge in [0.25, 0.3) is 5.91 Å². The number of amides is 1. The predicted octanol–water partition coefficient (Wildman–Crippen LogP) is 2.80. The van der Waals surface area contributed by atoms with Crippen molar-refractivity contribution in [2.24, 2.45) is 0 Å². The summed E-state index contributed by atoms with van der Waals surface area (Å²) in [5.41, 5.74) is 0.621. The average molecular weight is 282 g/mol. The fraction of sp³-hybridized carbons (Fsp3) is 0.533. The molecule has 2 N–H and O–H groups in total. The molecule has 0 bridgehead atoms. The van der Waals surface area contributed by atoms with E-state index in [4.69, 9.17) is 4.74 Å². The summed E-state index contributed by atoms with van der Waals surface area (Å²) in [7, 11) is 1.67. The van der Waals surface area contributed by atoms with Gasteiger partial charge in [0.1, 0.15) is 5.82 Å². The van der Waals surface area contributed by atoms with E-state index in [1.54, 1.807) is 19.2 Å². The molecule has 0 aliphatic rings. The highest BCUT2D eigenvalue weighted by molar-refractivity contribution is 5.99. The van der Waals surface area contributed by atoms with Gasteiger partial charge in [0, 0.05) is 26.8 Å². The van der Waals surface area contributed by atoms with Gasteiger partial charge in [-0.1, -0.05) is 6.07 Å². The van der Waals surface area contributed by atoms with Crippen molar-refractivity contribution in [2.45, 2.75) is 26.2 Å². The lowest BCUT2D eigenvalue weighted by Gasteiger charge is -2.12. The predicted molar refractivity (Wildman–Crippen MR) is 78.6 cm³/mol. The summed E-state index contributed by atoms with van der Waals surface area (Å²) >= 11 is 0. The number of carbonyl (C=O) groups excluding carboxylic acids is 1. The molecule has 112 valence electrons. The normalized spacial score (nSPS) is 10.3. The molecule has 20 heavy (non-hydrogen) atoms.